The highest BCUT2D eigenvalue weighted by Gasteiger charge is 2.29. The second-order valence-corrected chi connectivity index (χ2v) is 3.16. The number of aldehydes is 1. The van der Waals surface area contributed by atoms with E-state index in [1.807, 2.05) is 13.8 Å². The van der Waals surface area contributed by atoms with E-state index in [2.05, 4.69) is 0 Å². The lowest BCUT2D eigenvalue weighted by atomic mass is 10.3. The van der Waals surface area contributed by atoms with E-state index in [9.17, 15) is 9.59 Å². The third-order valence-electron chi connectivity index (χ3n) is 1.92. The summed E-state index contributed by atoms with van der Waals surface area (Å²) >= 11 is 0. The highest BCUT2D eigenvalue weighted by Crippen LogP contribution is 2.14. The van der Waals surface area contributed by atoms with Gasteiger partial charge in [0.2, 0.25) is 5.91 Å². The molecule has 1 fully saturated rings. The van der Waals surface area contributed by atoms with Crippen molar-refractivity contribution in [1.29, 1.82) is 0 Å². The third kappa shape index (κ3) is 1.64. The van der Waals surface area contributed by atoms with E-state index >= 15 is 0 Å². The Morgan fingerprint density at radius 1 is 1.58 bits per heavy atom. The van der Waals surface area contributed by atoms with Gasteiger partial charge in [-0.1, -0.05) is 0 Å². The summed E-state index contributed by atoms with van der Waals surface area (Å²) in [7, 11) is 0. The van der Waals surface area contributed by atoms with Crippen LogP contribution < -0.4 is 0 Å². The molecule has 0 aromatic heterocycles. The van der Waals surface area contributed by atoms with E-state index in [0.29, 0.717) is 19.5 Å². The molecule has 0 N–H and O–H groups in total. The Balaban J connectivity index is 2.63. The van der Waals surface area contributed by atoms with E-state index in [4.69, 9.17) is 0 Å². The summed E-state index contributed by atoms with van der Waals surface area (Å²) in [6.45, 7) is 4.89. The van der Waals surface area contributed by atoms with Crippen molar-refractivity contribution in [1.82, 2.24) is 10.0 Å². The van der Waals surface area contributed by atoms with Crippen LogP contribution in [0, 0.1) is 0 Å². The molecule has 12 heavy (non-hydrogen) atoms. The standard InChI is InChI=1S/C8H14N2O2/c1-7(2)10-8(12)3-4-9(10)5-6-11/h6-7H,3-5H2,1-2H3. The second-order valence-electron chi connectivity index (χ2n) is 3.16. The van der Waals surface area contributed by atoms with Crippen molar-refractivity contribution in [2.45, 2.75) is 26.3 Å². The normalized spacial score (nSPS) is 19.2. The molecular weight excluding hydrogens is 156 g/mol. The maximum atomic E-state index is 11.3. The van der Waals surface area contributed by atoms with Crippen LogP contribution in [0.3, 0.4) is 0 Å². The van der Waals surface area contributed by atoms with Crippen molar-refractivity contribution >= 4 is 12.2 Å². The minimum Gasteiger partial charge on any atom is -0.302 e. The Bertz CT molecular complexity index is 191. The molecule has 1 amide bonds. The fourth-order valence-corrected chi connectivity index (χ4v) is 1.48. The number of nitrogens with zero attached hydrogens (tertiary/aromatic N) is 2. The molecule has 0 saturated carbocycles. The van der Waals surface area contributed by atoms with Crippen LogP contribution in [-0.4, -0.2) is 41.3 Å². The van der Waals surface area contributed by atoms with Gasteiger partial charge in [-0.3, -0.25) is 9.80 Å². The lowest BCUT2D eigenvalue weighted by Gasteiger charge is -2.29. The molecule has 0 atom stereocenters. The Morgan fingerprint density at radius 2 is 2.25 bits per heavy atom. The van der Waals surface area contributed by atoms with Crippen LogP contribution in [0.4, 0.5) is 0 Å². The number of rotatable bonds is 3. The van der Waals surface area contributed by atoms with Crippen molar-refractivity contribution in [2.75, 3.05) is 13.1 Å². The van der Waals surface area contributed by atoms with Crippen LogP contribution in [0.25, 0.3) is 0 Å². The number of carbonyl (C=O) groups excluding carboxylic acids is 2. The predicted molar refractivity (Wildman–Crippen MR) is 44.2 cm³/mol. The first-order chi connectivity index (χ1) is 5.66. The maximum Gasteiger partial charge on any atom is 0.238 e. The summed E-state index contributed by atoms with van der Waals surface area (Å²) in [5, 5.41) is 3.45. The minimum atomic E-state index is 0.117. The largest absolute Gasteiger partial charge is 0.302 e. The molecule has 0 unspecified atom stereocenters. The summed E-state index contributed by atoms with van der Waals surface area (Å²) in [5.74, 6) is 0.117. The van der Waals surface area contributed by atoms with Gasteiger partial charge in [0, 0.05) is 19.0 Å². The van der Waals surface area contributed by atoms with Crippen molar-refractivity contribution in [3.05, 3.63) is 0 Å². The van der Waals surface area contributed by atoms with Crippen molar-refractivity contribution in [3.63, 3.8) is 0 Å². The summed E-state index contributed by atoms with van der Waals surface area (Å²) in [5.41, 5.74) is 0. The molecular formula is C8H14N2O2. The van der Waals surface area contributed by atoms with Gasteiger partial charge in [0.15, 0.2) is 0 Å². The smallest absolute Gasteiger partial charge is 0.238 e. The van der Waals surface area contributed by atoms with E-state index in [1.165, 1.54) is 0 Å². The van der Waals surface area contributed by atoms with E-state index < -0.39 is 0 Å². The van der Waals surface area contributed by atoms with Crippen molar-refractivity contribution in [2.24, 2.45) is 0 Å². The first-order valence-electron chi connectivity index (χ1n) is 4.17. The first kappa shape index (κ1) is 9.19. The van der Waals surface area contributed by atoms with E-state index in [0.717, 1.165) is 6.29 Å². The summed E-state index contributed by atoms with van der Waals surface area (Å²) in [4.78, 5) is 21.5. The van der Waals surface area contributed by atoms with Gasteiger partial charge in [0.25, 0.3) is 0 Å². The lowest BCUT2D eigenvalue weighted by molar-refractivity contribution is -0.142. The van der Waals surface area contributed by atoms with Crippen LogP contribution >= 0.6 is 0 Å². The second kappa shape index (κ2) is 3.67. The number of hydrogen-bond donors (Lipinski definition) is 0. The molecule has 1 aliphatic heterocycles. The Kier molecular flexibility index (Phi) is 2.81. The Labute approximate surface area is 72.1 Å². The van der Waals surface area contributed by atoms with Gasteiger partial charge in [0.05, 0.1) is 6.54 Å². The average molecular weight is 170 g/mol. The van der Waals surface area contributed by atoms with Crippen LogP contribution in [0.15, 0.2) is 0 Å². The van der Waals surface area contributed by atoms with Gasteiger partial charge in [-0.2, -0.15) is 0 Å². The maximum absolute atomic E-state index is 11.3. The molecule has 0 radical (unpaired) electrons. The monoisotopic (exact) mass is 170 g/mol. The Hall–Kier alpha value is -0.900. The molecule has 0 aromatic rings. The van der Waals surface area contributed by atoms with Gasteiger partial charge in [-0.25, -0.2) is 5.01 Å². The zero-order chi connectivity index (χ0) is 9.14. The fraction of sp³-hybridized carbons (Fsp3) is 0.750. The Morgan fingerprint density at radius 3 is 2.75 bits per heavy atom. The third-order valence-corrected chi connectivity index (χ3v) is 1.92. The van der Waals surface area contributed by atoms with Crippen molar-refractivity contribution in [3.8, 4) is 0 Å². The number of carbonyl (C=O) groups is 2. The van der Waals surface area contributed by atoms with Gasteiger partial charge in [0.1, 0.15) is 6.29 Å². The van der Waals surface area contributed by atoms with Crippen LogP contribution in [-0.2, 0) is 9.59 Å². The molecule has 0 aliphatic carbocycles. The van der Waals surface area contributed by atoms with E-state index in [-0.39, 0.29) is 11.9 Å². The van der Waals surface area contributed by atoms with Crippen LogP contribution in [0.2, 0.25) is 0 Å². The first-order valence-corrected chi connectivity index (χ1v) is 4.17. The summed E-state index contributed by atoms with van der Waals surface area (Å²) in [6.07, 6.45) is 1.36. The number of hydrogen-bond acceptors (Lipinski definition) is 3. The zero-order valence-electron chi connectivity index (χ0n) is 7.49. The molecule has 0 aromatic carbocycles. The van der Waals surface area contributed by atoms with Crippen LogP contribution in [0.1, 0.15) is 20.3 Å². The number of hydrazine groups is 1. The molecule has 1 aliphatic rings. The van der Waals surface area contributed by atoms with Gasteiger partial charge < -0.3 is 4.79 Å². The SMILES string of the molecule is CC(C)N1C(=O)CCN1CC=O. The topological polar surface area (TPSA) is 40.6 Å². The molecule has 1 saturated heterocycles. The summed E-state index contributed by atoms with van der Waals surface area (Å²) in [6, 6.07) is 0.153. The molecule has 4 nitrogen and oxygen atoms in total. The quantitative estimate of drug-likeness (QED) is 0.562. The van der Waals surface area contributed by atoms with Gasteiger partial charge in [-0.15, -0.1) is 0 Å². The minimum absolute atomic E-state index is 0.117. The molecule has 68 valence electrons. The van der Waals surface area contributed by atoms with Crippen molar-refractivity contribution < 1.29 is 9.59 Å². The van der Waals surface area contributed by atoms with Crippen LogP contribution in [0.5, 0.6) is 0 Å². The fourth-order valence-electron chi connectivity index (χ4n) is 1.48. The highest BCUT2D eigenvalue weighted by molar-refractivity contribution is 5.78. The molecule has 4 heteroatoms. The highest BCUT2D eigenvalue weighted by atomic mass is 16.2. The van der Waals surface area contributed by atoms with Gasteiger partial charge in [-0.05, 0) is 13.8 Å². The average Bonchev–Trinajstić information content (AvgIpc) is 2.32. The predicted octanol–water partition coefficient (Wildman–Crippen LogP) is 0.0430. The zero-order valence-corrected chi connectivity index (χ0v) is 7.49. The number of amides is 1. The lowest BCUT2D eigenvalue weighted by Crippen LogP contribution is -2.44. The van der Waals surface area contributed by atoms with E-state index in [1.54, 1.807) is 10.0 Å². The molecule has 0 bridgehead atoms. The molecule has 1 rings (SSSR count). The van der Waals surface area contributed by atoms with Gasteiger partial charge >= 0.3 is 0 Å². The molecule has 1 heterocycles. The summed E-state index contributed by atoms with van der Waals surface area (Å²) < 4.78 is 0. The molecule has 0 spiro atoms.